The maximum Gasteiger partial charge on any atom is 0.530 e. The van der Waals surface area contributed by atoms with Crippen LogP contribution < -0.4 is 57.2 Å². The Bertz CT molecular complexity index is 6580. The Balaban J connectivity index is 0.000000152. The normalized spacial score (nSPS) is 34.4. The van der Waals surface area contributed by atoms with Gasteiger partial charge in [-0.25, -0.2) is 50.2 Å². The van der Waals surface area contributed by atoms with E-state index < -0.39 is 236 Å². The van der Waals surface area contributed by atoms with Gasteiger partial charge in [0.05, 0.1) is 56.9 Å². The molecule has 4 fully saturated rings. The van der Waals surface area contributed by atoms with Crippen molar-refractivity contribution in [2.45, 2.75) is 124 Å². The van der Waals surface area contributed by atoms with E-state index in [1.807, 2.05) is 0 Å². The topological polar surface area (TPSA) is 643 Å². The molecule has 9 aliphatic rings. The van der Waals surface area contributed by atoms with Gasteiger partial charge in [-0.15, -0.1) is 0 Å². The predicted octanol–water partition coefficient (Wildman–Crippen LogP) is 3.06. The van der Waals surface area contributed by atoms with Gasteiger partial charge in [0.15, 0.2) is 50.0 Å². The zero-order valence-electron chi connectivity index (χ0n) is 69.1. The van der Waals surface area contributed by atoms with E-state index in [0.29, 0.717) is 75.0 Å². The van der Waals surface area contributed by atoms with Crippen LogP contribution >= 0.6 is 77.7 Å². The van der Waals surface area contributed by atoms with Crippen LogP contribution in [0.25, 0.3) is 0 Å². The zero-order chi connectivity index (χ0) is 98.5. The van der Waals surface area contributed by atoms with Crippen molar-refractivity contribution in [3.63, 3.8) is 0 Å². The average Bonchev–Trinajstić information content (AvgIpc) is 1.56. The van der Waals surface area contributed by atoms with Crippen molar-refractivity contribution in [2.24, 2.45) is 0 Å². The fourth-order valence-corrected chi connectivity index (χ4v) is 17.4. The number of benzene rings is 4. The zero-order valence-corrected chi connectivity index (χ0v) is 69.7. The van der Waals surface area contributed by atoms with Crippen LogP contribution in [0.5, 0.6) is 23.0 Å². The van der Waals surface area contributed by atoms with E-state index in [2.05, 4.69) is 16.4 Å². The number of aromatic amines is 3. The number of H-pyrrole nitrogens is 3. The van der Waals surface area contributed by atoms with Gasteiger partial charge in [0.1, 0.15) is 104 Å². The number of aliphatic hydroxyl groups is 8. The Morgan fingerprint density at radius 1 is 0.453 bits per heavy atom. The Hall–Kier alpha value is -9.45. The van der Waals surface area contributed by atoms with Crippen LogP contribution in [0.3, 0.4) is 0 Å². The van der Waals surface area contributed by atoms with Crippen LogP contribution in [0.4, 0.5) is 17.6 Å². The Morgan fingerprint density at radius 2 is 0.758 bits per heavy atom. The van der Waals surface area contributed by atoms with Gasteiger partial charge in [0.2, 0.25) is 0 Å². The molecule has 0 radical (unpaired) electrons. The number of nitrogens with zero attached hydrogens (tertiary/aromatic N) is 4. The lowest BCUT2D eigenvalue weighted by atomic mass is 10.1. The molecule has 128 heavy (non-hydrogen) atoms. The molecule has 4 saturated heterocycles. The van der Waals surface area contributed by atoms with Crippen molar-refractivity contribution < 1.29 is 182 Å². The van der Waals surface area contributed by atoms with Crippen molar-refractivity contribution in [3.05, 3.63) is 237 Å². The molecule has 1 amide bonds. The molecule has 0 spiro atoms. The first-order valence-electron chi connectivity index (χ1n) is 38.4. The summed E-state index contributed by atoms with van der Waals surface area (Å²) >= 11 is 23.4. The van der Waals surface area contributed by atoms with E-state index in [0.717, 1.165) is 6.20 Å². The van der Waals surface area contributed by atoms with E-state index in [1.54, 1.807) is 15.0 Å². The van der Waals surface area contributed by atoms with Gasteiger partial charge < -0.3 is 88.1 Å². The molecule has 59 heteroatoms. The van der Waals surface area contributed by atoms with Gasteiger partial charge in [-0.3, -0.25) is 103 Å². The molecule has 0 aliphatic carbocycles. The van der Waals surface area contributed by atoms with Crippen LogP contribution in [0, 0.1) is 0 Å². The molecule has 688 valence electrons. The standard InChI is InChI=1S/C18H17ClFN2O9P.3C17H15ClFN2O10P/c1-9-21-16(26)11(6-23)5-22(9)17-14(24)15(25)18(20,30-17)8-29-32(27)28-7-10-4-12(19)2-3-13(10)31-32;3*18-10-1-2-11-8(3-10)6-28-32(27,31-11)29-7-17(19)13(24)12(23)15(30-17)21-4-9(5-22)14(25)20-16(21)26/h2-6,14-15,17,24-25H,1,7-8H2,(H,21,26);3*1-5,12-13,15,23-24H,6-7H2,(H,20,25,26)/t14-,15+,17-,18-,32?;3*12-,13+,15-,17-,32?/m1111/s1/i8D2,17D;15D;7D2;. The highest BCUT2D eigenvalue weighted by molar-refractivity contribution is 7.49. The van der Waals surface area contributed by atoms with Gasteiger partial charge in [-0.2, -0.15) is 0 Å². The fourth-order valence-electron chi connectivity index (χ4n) is 12.0. The predicted molar refractivity (Wildman–Crippen MR) is 414 cm³/mol. The van der Waals surface area contributed by atoms with Crippen LogP contribution in [0.2, 0.25) is 20.1 Å². The van der Waals surface area contributed by atoms with Gasteiger partial charge in [0.25, 0.3) is 46.0 Å². The smallest absolute Gasteiger partial charge is 0.404 e. The molecule has 7 aromatic rings. The van der Waals surface area contributed by atoms with E-state index in [1.165, 1.54) is 72.8 Å². The second kappa shape index (κ2) is 37.4. The van der Waals surface area contributed by atoms with Crippen molar-refractivity contribution in [3.8, 4) is 23.0 Å². The summed E-state index contributed by atoms with van der Waals surface area (Å²) in [6.45, 7) is -8.12. The lowest BCUT2D eigenvalue weighted by molar-refractivity contribution is -0.208. The van der Waals surface area contributed by atoms with E-state index in [4.69, 9.17) is 123 Å². The van der Waals surface area contributed by atoms with Crippen molar-refractivity contribution in [1.29, 1.82) is 0 Å². The Kier molecular flexibility index (Phi) is 25.7. The minimum absolute atomic E-state index is 0.0466. The number of carbonyl (C=O) groups is 5. The SMILES string of the molecule is O=Cc1cn([C@@H]2O[C@](F)(COP3(=O)OCc4cc(Cl)ccc4O3)[C@@H](O)[C@H]2O)c(=O)[nH]c1=O.[2H]C([2H])(OP1(=O)OCc2cc(Cl)ccc2O1)[C@@]1(F)O[C@@H](n2cc(C=O)c(=O)[nH]c2=O)[C@H](O)[C@@H]1O.[2H]C([2H])(OP1(=O)OCc2cc(Cl)ccc2O1)[C@@]1(F)O[C@@]([2H])(N2C=C(C=O)C(=O)NC2=C)[C@H](O)[C@@H]1O.[2H][C@@]1(n2cc(C=O)c(=O)[nH]c2=O)O[C@](F)(COP2(=O)OCc3cc(Cl)ccc3O2)[C@@H](O)[C@H]1O. The molecule has 4 aromatic carbocycles. The summed E-state index contributed by atoms with van der Waals surface area (Å²) in [6.07, 6.45) is -26.7. The highest BCUT2D eigenvalue weighted by Gasteiger charge is 2.63. The number of halogens is 8. The maximum atomic E-state index is 15.9. The summed E-state index contributed by atoms with van der Waals surface area (Å²) in [5.41, 5.74) is -7.64. The third kappa shape index (κ3) is 20.1. The molecule has 12 N–H and O–H groups in total. The lowest BCUT2D eigenvalue weighted by Crippen LogP contribution is -2.48. The third-order valence-corrected chi connectivity index (χ3v) is 24.5. The summed E-state index contributed by atoms with van der Waals surface area (Å²) in [6, 6.07) is 16.9. The monoisotopic (exact) mass is 1970 g/mol. The van der Waals surface area contributed by atoms with E-state index >= 15 is 17.6 Å². The third-order valence-electron chi connectivity index (χ3n) is 18.6. The molecule has 47 nitrogen and oxygen atoms in total. The molecule has 20 atom stereocenters. The van der Waals surface area contributed by atoms with E-state index in [9.17, 15) is 112 Å². The highest BCUT2D eigenvalue weighted by atomic mass is 35.5. The highest BCUT2D eigenvalue weighted by Crippen LogP contribution is 2.60. The second-order valence-corrected chi connectivity index (χ2v) is 35.1. The molecule has 0 saturated carbocycles. The summed E-state index contributed by atoms with van der Waals surface area (Å²) in [7, 11) is -18.5. The minimum atomic E-state index is -4.87. The molecule has 3 aromatic heterocycles. The number of aliphatic hydroxyl groups excluding tert-OH is 8. The first kappa shape index (κ1) is 87.9. The lowest BCUT2D eigenvalue weighted by Gasteiger charge is -2.33. The minimum Gasteiger partial charge on any atom is -0.404 e. The first-order chi connectivity index (χ1) is 62.4. The number of hydrogen-bond donors (Lipinski definition) is 12. The fraction of sp³-hybridized carbons (Fsp3) is 0.348. The summed E-state index contributed by atoms with van der Waals surface area (Å²) < 4.78 is 242. The van der Waals surface area contributed by atoms with Crippen LogP contribution in [0.15, 0.2) is 144 Å². The average molecular weight is 1980 g/mol. The number of aldehydes is 4. The molecular formula is C69H62Cl4F4N8O39P4. The molecule has 9 aliphatic heterocycles. The maximum absolute atomic E-state index is 15.9. The van der Waals surface area contributed by atoms with Crippen molar-refractivity contribution in [2.75, 3.05) is 26.3 Å². The molecular weight excluding hydrogens is 1910 g/mol. The number of phosphoric acid groups is 4. The number of aromatic nitrogens is 6. The summed E-state index contributed by atoms with van der Waals surface area (Å²) in [4.78, 5) is 132. The number of fused-ring (bicyclic) bond motifs is 4. The molecule has 4 unspecified atom stereocenters. The van der Waals surface area contributed by atoms with Crippen LogP contribution in [-0.4, -0.2) is 210 Å². The Labute approximate surface area is 736 Å². The number of hydrogen-bond acceptors (Lipinski definition) is 40. The summed E-state index contributed by atoms with van der Waals surface area (Å²) in [5.74, 6) is -15.8. The molecule has 16 rings (SSSR count). The molecule has 12 heterocycles. The number of carbonyl (C=O) groups excluding carboxylic acids is 5. The largest absolute Gasteiger partial charge is 0.530 e. The number of alkyl halides is 4. The van der Waals surface area contributed by atoms with Gasteiger partial charge >= 0.3 is 48.4 Å². The van der Waals surface area contributed by atoms with Crippen molar-refractivity contribution >= 4 is 109 Å². The molecule has 0 bridgehead atoms. The van der Waals surface area contributed by atoms with Crippen LogP contribution in [0.1, 0.15) is 80.2 Å². The summed E-state index contributed by atoms with van der Waals surface area (Å²) in [5, 5.41) is 85.6. The van der Waals surface area contributed by atoms with Crippen LogP contribution in [-0.2, 0) is 109 Å². The van der Waals surface area contributed by atoms with Gasteiger partial charge in [-0.1, -0.05) is 53.0 Å². The first-order valence-corrected chi connectivity index (χ1v) is 42.7. The van der Waals surface area contributed by atoms with Gasteiger partial charge in [0, 0.05) is 67.1 Å². The number of phosphoric ester groups is 4. The second-order valence-electron chi connectivity index (χ2n) is 27.1. The number of ether oxygens (including phenoxy) is 4. The quantitative estimate of drug-likeness (QED) is 0.0226. The van der Waals surface area contributed by atoms with Crippen molar-refractivity contribution in [1.82, 2.24) is 38.9 Å². The number of nitrogens with one attached hydrogen (secondary N) is 4. The number of rotatable bonds is 20. The van der Waals surface area contributed by atoms with E-state index in [-0.39, 0.29) is 65.9 Å². The van der Waals surface area contributed by atoms with Gasteiger partial charge in [-0.05, 0) is 72.8 Å². The Morgan fingerprint density at radius 3 is 1.13 bits per heavy atom. The number of amides is 1.